The molecule has 0 fully saturated rings. The highest BCUT2D eigenvalue weighted by Crippen LogP contribution is 2.20. The molecule has 4 nitrogen and oxygen atoms in total. The van der Waals surface area contributed by atoms with Crippen molar-refractivity contribution >= 4 is 16.8 Å². The highest BCUT2D eigenvalue weighted by Gasteiger charge is 2.20. The Hall–Kier alpha value is -3.66. The minimum absolute atomic E-state index is 0.147. The number of aryl methyl sites for hydroxylation is 1. The minimum atomic E-state index is -0.188. The van der Waals surface area contributed by atoms with Crippen molar-refractivity contribution in [2.75, 3.05) is 0 Å². The van der Waals surface area contributed by atoms with E-state index in [0.717, 1.165) is 22.0 Å². The number of nitrogens with zero attached hydrogens (tertiary/aromatic N) is 2. The fourth-order valence-electron chi connectivity index (χ4n) is 3.57. The summed E-state index contributed by atoms with van der Waals surface area (Å²) in [7, 11) is 1.73. The van der Waals surface area contributed by atoms with Gasteiger partial charge in [0.2, 0.25) is 0 Å². The van der Waals surface area contributed by atoms with Crippen molar-refractivity contribution in [3.8, 4) is 0 Å². The van der Waals surface area contributed by atoms with Crippen LogP contribution in [0.2, 0.25) is 0 Å². The SMILES string of the molecule is Cn1c(=O)cc(C(=O)N(Cc2ccccc2)Cc2ccccc2)c2ccccc21. The van der Waals surface area contributed by atoms with Gasteiger partial charge in [-0.1, -0.05) is 78.9 Å². The number of rotatable bonds is 5. The molecule has 0 aliphatic rings. The van der Waals surface area contributed by atoms with E-state index in [2.05, 4.69) is 0 Å². The van der Waals surface area contributed by atoms with Gasteiger partial charge in [0.15, 0.2) is 0 Å². The molecule has 3 aromatic carbocycles. The summed E-state index contributed by atoms with van der Waals surface area (Å²) >= 11 is 0. The lowest BCUT2D eigenvalue weighted by Crippen LogP contribution is -2.32. The summed E-state index contributed by atoms with van der Waals surface area (Å²) in [6, 6.07) is 28.8. The molecule has 0 atom stereocenters. The quantitative estimate of drug-likeness (QED) is 0.514. The van der Waals surface area contributed by atoms with Crippen LogP contribution in [0.25, 0.3) is 10.9 Å². The van der Waals surface area contributed by atoms with Gasteiger partial charge < -0.3 is 9.47 Å². The molecule has 1 aromatic heterocycles. The Bertz CT molecular complexity index is 1160. The number of para-hydroxylation sites is 1. The molecule has 29 heavy (non-hydrogen) atoms. The zero-order chi connectivity index (χ0) is 20.2. The normalized spacial score (nSPS) is 10.8. The number of amides is 1. The van der Waals surface area contributed by atoms with E-state index in [0.29, 0.717) is 18.7 Å². The zero-order valence-corrected chi connectivity index (χ0v) is 16.3. The van der Waals surface area contributed by atoms with Crippen LogP contribution >= 0.6 is 0 Å². The second-order valence-corrected chi connectivity index (χ2v) is 7.10. The molecular weight excluding hydrogens is 360 g/mol. The van der Waals surface area contributed by atoms with Crippen LogP contribution in [0.15, 0.2) is 95.8 Å². The summed E-state index contributed by atoms with van der Waals surface area (Å²) < 4.78 is 1.57. The van der Waals surface area contributed by atoms with Gasteiger partial charge in [-0.2, -0.15) is 0 Å². The van der Waals surface area contributed by atoms with E-state index in [1.165, 1.54) is 6.07 Å². The third-order valence-corrected chi connectivity index (χ3v) is 5.10. The second-order valence-electron chi connectivity index (χ2n) is 7.10. The van der Waals surface area contributed by atoms with E-state index in [1.54, 1.807) is 16.5 Å². The Morgan fingerprint density at radius 1 is 0.793 bits per heavy atom. The zero-order valence-electron chi connectivity index (χ0n) is 16.3. The smallest absolute Gasteiger partial charge is 0.255 e. The predicted octanol–water partition coefficient (Wildman–Crippen LogP) is 4.38. The first-order valence-corrected chi connectivity index (χ1v) is 9.59. The molecule has 0 spiro atoms. The van der Waals surface area contributed by atoms with Crippen LogP contribution in [0.3, 0.4) is 0 Å². The van der Waals surface area contributed by atoms with E-state index in [-0.39, 0.29) is 11.5 Å². The topological polar surface area (TPSA) is 42.3 Å². The summed E-state index contributed by atoms with van der Waals surface area (Å²) in [5, 5.41) is 0.783. The summed E-state index contributed by atoms with van der Waals surface area (Å²) in [6.07, 6.45) is 0. The average Bonchev–Trinajstić information content (AvgIpc) is 2.77. The van der Waals surface area contributed by atoms with Crippen LogP contribution in [0, 0.1) is 0 Å². The van der Waals surface area contributed by atoms with Gasteiger partial charge in [0.05, 0.1) is 11.1 Å². The third kappa shape index (κ3) is 3.97. The third-order valence-electron chi connectivity index (χ3n) is 5.10. The molecule has 0 N–H and O–H groups in total. The van der Waals surface area contributed by atoms with Gasteiger partial charge in [-0.05, 0) is 17.2 Å². The lowest BCUT2D eigenvalue weighted by atomic mass is 10.1. The summed E-state index contributed by atoms with van der Waals surface area (Å²) in [6.45, 7) is 0.941. The second kappa shape index (κ2) is 8.15. The van der Waals surface area contributed by atoms with Gasteiger partial charge in [-0.15, -0.1) is 0 Å². The van der Waals surface area contributed by atoms with Gasteiger partial charge in [0.1, 0.15) is 0 Å². The number of pyridine rings is 1. The summed E-state index contributed by atoms with van der Waals surface area (Å²) in [5.74, 6) is -0.147. The number of carbonyl (C=O) groups excluding carboxylic acids is 1. The van der Waals surface area contributed by atoms with Crippen LogP contribution < -0.4 is 5.56 Å². The lowest BCUT2D eigenvalue weighted by Gasteiger charge is -2.24. The molecule has 0 unspecified atom stereocenters. The molecule has 0 saturated heterocycles. The molecule has 1 amide bonds. The Labute approximate surface area is 169 Å². The molecule has 0 aliphatic heterocycles. The van der Waals surface area contributed by atoms with Crippen LogP contribution in [0.4, 0.5) is 0 Å². The highest BCUT2D eigenvalue weighted by atomic mass is 16.2. The van der Waals surface area contributed by atoms with Crippen molar-refractivity contribution in [2.24, 2.45) is 7.05 Å². The molecule has 4 heteroatoms. The first kappa shape index (κ1) is 18.7. The maximum atomic E-state index is 13.6. The number of hydrogen-bond donors (Lipinski definition) is 0. The average molecular weight is 382 g/mol. The molecule has 0 saturated carbocycles. The number of fused-ring (bicyclic) bond motifs is 1. The Kier molecular flexibility index (Phi) is 5.25. The van der Waals surface area contributed by atoms with Crippen molar-refractivity contribution in [1.29, 1.82) is 0 Å². The number of aromatic nitrogens is 1. The summed E-state index contributed by atoms with van der Waals surface area (Å²) in [5.41, 5.74) is 3.10. The minimum Gasteiger partial charge on any atom is -0.330 e. The largest absolute Gasteiger partial charge is 0.330 e. The van der Waals surface area contributed by atoms with Crippen molar-refractivity contribution in [3.05, 3.63) is 118 Å². The monoisotopic (exact) mass is 382 g/mol. The van der Waals surface area contributed by atoms with Crippen molar-refractivity contribution in [1.82, 2.24) is 9.47 Å². The Morgan fingerprint density at radius 3 is 1.90 bits per heavy atom. The number of hydrogen-bond acceptors (Lipinski definition) is 2. The molecule has 1 heterocycles. The first-order chi connectivity index (χ1) is 14.1. The van der Waals surface area contributed by atoms with Crippen LogP contribution in [0.1, 0.15) is 21.5 Å². The molecule has 0 radical (unpaired) electrons. The van der Waals surface area contributed by atoms with Crippen molar-refractivity contribution in [2.45, 2.75) is 13.1 Å². The first-order valence-electron chi connectivity index (χ1n) is 9.59. The van der Waals surface area contributed by atoms with Gasteiger partial charge in [0.25, 0.3) is 11.5 Å². The standard InChI is InChI=1S/C25H22N2O2/c1-26-23-15-9-8-14-21(23)22(16-24(26)28)25(29)27(17-19-10-4-2-5-11-19)18-20-12-6-3-7-13-20/h2-16H,17-18H2,1H3. The lowest BCUT2D eigenvalue weighted by molar-refractivity contribution is 0.0732. The Morgan fingerprint density at radius 2 is 1.31 bits per heavy atom. The number of benzene rings is 3. The highest BCUT2D eigenvalue weighted by molar-refractivity contribution is 6.06. The molecule has 0 aliphatic carbocycles. The number of carbonyl (C=O) groups is 1. The van der Waals surface area contributed by atoms with E-state index in [1.807, 2.05) is 84.9 Å². The van der Waals surface area contributed by atoms with E-state index < -0.39 is 0 Å². The fourth-order valence-corrected chi connectivity index (χ4v) is 3.57. The van der Waals surface area contributed by atoms with Crippen LogP contribution in [0.5, 0.6) is 0 Å². The van der Waals surface area contributed by atoms with Gasteiger partial charge >= 0.3 is 0 Å². The van der Waals surface area contributed by atoms with E-state index >= 15 is 0 Å². The van der Waals surface area contributed by atoms with Gasteiger partial charge in [-0.25, -0.2) is 0 Å². The van der Waals surface area contributed by atoms with Crippen LogP contribution in [-0.4, -0.2) is 15.4 Å². The van der Waals surface area contributed by atoms with Gasteiger partial charge in [-0.3, -0.25) is 9.59 Å². The fraction of sp³-hybridized carbons (Fsp3) is 0.120. The van der Waals surface area contributed by atoms with E-state index in [4.69, 9.17) is 0 Å². The maximum Gasteiger partial charge on any atom is 0.255 e. The molecule has 144 valence electrons. The van der Waals surface area contributed by atoms with Crippen molar-refractivity contribution in [3.63, 3.8) is 0 Å². The molecule has 4 rings (SSSR count). The maximum absolute atomic E-state index is 13.6. The molecule has 4 aromatic rings. The van der Waals surface area contributed by atoms with E-state index in [9.17, 15) is 9.59 Å². The summed E-state index contributed by atoms with van der Waals surface area (Å²) in [4.78, 5) is 27.9. The van der Waals surface area contributed by atoms with Crippen LogP contribution in [-0.2, 0) is 20.1 Å². The molecule has 0 bridgehead atoms. The van der Waals surface area contributed by atoms with Gasteiger partial charge in [0, 0.05) is 31.6 Å². The molecular formula is C25H22N2O2. The predicted molar refractivity (Wildman–Crippen MR) is 116 cm³/mol. The van der Waals surface area contributed by atoms with Crippen molar-refractivity contribution < 1.29 is 4.79 Å². The Balaban J connectivity index is 1.78.